The number of hydrogen-bond donors (Lipinski definition) is 16. The van der Waals surface area contributed by atoms with E-state index in [4.69, 9.17) is 53.8 Å². The molecule has 1 heterocycles. The lowest BCUT2D eigenvalue weighted by Crippen LogP contribution is -2.45. The topological polar surface area (TPSA) is 696 Å². The molecule has 0 aliphatic rings. The van der Waals surface area contributed by atoms with E-state index < -0.39 is 143 Å². The standard InChI is InChI=1S/C101H168N10O35/c1-101(2,65-86(117)81(102)64-76-66-103-72-109-76)87(118)67-108-82(33-24-26-46-105-92(123)69-144-58-54-140-50-28-32-80(115)68-143-57-55-141-51-47-106-88(119)43-37-74(97(131)132)62-79(114)40-42-84(100(137)138)110-89(120)34-20-16-12-8-4-6-10-14-18-22-36-95(127)128)85(116)63-73(96(129)130)29-23-25-45-104-91(122)70-146-60-56-142-52-48-107-93(124)71-145-59-53-139-49-27-31-77(112)39-41-83(99(135)136)111-90(121)44-38-75(98(133)134)61-78(113)30-19-15-11-7-3-5-9-13-17-21-35-94(125)126/h66,72-75,81-84,108H,3-65,67-71,102H2,1-2H3,(H,103,109)(H,104,122)(H,105,123)(H,106,119)(H,107,124)(H,110,120)(H,111,121)(H,125,126)(H,127,128)(H,129,130)(H,131,132)(H,133,134)(H,135,136)(H,137,138)/t73-,74-,75-,81+,82+,83+,84+/m1/s1. The number of imidazole rings is 1. The summed E-state index contributed by atoms with van der Waals surface area (Å²) in [7, 11) is 0. The van der Waals surface area contributed by atoms with Gasteiger partial charge in [-0.2, -0.15) is 0 Å². The van der Waals surface area contributed by atoms with Crippen molar-refractivity contribution >= 4 is 118 Å². The van der Waals surface area contributed by atoms with Crippen LogP contribution in [0.15, 0.2) is 12.5 Å². The number of aromatic nitrogens is 2. The Hall–Kier alpha value is -10.4. The zero-order chi connectivity index (χ0) is 108. The van der Waals surface area contributed by atoms with Crippen LogP contribution >= 0.6 is 0 Å². The minimum atomic E-state index is -1.39. The third-order valence-corrected chi connectivity index (χ3v) is 24.0. The number of nitrogens with two attached hydrogens (primary N) is 1. The van der Waals surface area contributed by atoms with Crippen LogP contribution in [0.2, 0.25) is 0 Å². The number of hydrogen-bond acceptors (Lipinski definition) is 31. The largest absolute Gasteiger partial charge is 0.481 e. The Morgan fingerprint density at radius 1 is 0.322 bits per heavy atom. The van der Waals surface area contributed by atoms with E-state index in [1.54, 1.807) is 13.8 Å². The number of carboxylic acids is 7. The number of ether oxygens (including phenoxy) is 8. The number of H-pyrrole nitrogens is 1. The van der Waals surface area contributed by atoms with Gasteiger partial charge in [0.25, 0.3) is 0 Å². The summed E-state index contributed by atoms with van der Waals surface area (Å²) in [4.78, 5) is 254. The van der Waals surface area contributed by atoms with E-state index in [0.29, 0.717) is 69.9 Å². The summed E-state index contributed by atoms with van der Waals surface area (Å²) in [6, 6.07) is -4.61. The van der Waals surface area contributed by atoms with Gasteiger partial charge in [0.2, 0.25) is 35.4 Å². The number of carboxylic acid groups (broad SMARTS) is 7. The summed E-state index contributed by atoms with van der Waals surface area (Å²) < 4.78 is 43.5. The number of carbonyl (C=O) groups is 20. The fraction of sp³-hybridized carbons (Fsp3) is 0.772. The van der Waals surface area contributed by atoms with E-state index >= 15 is 0 Å². The number of rotatable bonds is 105. The highest BCUT2D eigenvalue weighted by atomic mass is 16.5. The van der Waals surface area contributed by atoms with Crippen LogP contribution in [0, 0.1) is 23.2 Å². The van der Waals surface area contributed by atoms with Gasteiger partial charge in [-0.1, -0.05) is 123 Å². The molecule has 0 saturated heterocycles. The molecule has 832 valence electrons. The van der Waals surface area contributed by atoms with Crippen LogP contribution in [-0.4, -0.2) is 326 Å². The van der Waals surface area contributed by atoms with Gasteiger partial charge < -0.3 is 122 Å². The molecule has 1 rings (SSSR count). The number of unbranched alkanes of at least 4 members (excludes halogenated alkanes) is 20. The summed E-state index contributed by atoms with van der Waals surface area (Å²) in [5.74, 6) is -16.7. The van der Waals surface area contributed by atoms with Crippen LogP contribution in [0.25, 0.3) is 0 Å². The SMILES string of the molecule is CC(C)(CC(=O)[C@@H](N)Cc1cnc[nH]1)C(=O)CN[C@@H](CCCCNC(=O)COCCOCCCC(=O)COCCOCCNC(=O)CC[C@H](CC(=O)CC[C@H](NC(=O)CCCCCCCCCCCCC(=O)O)C(=O)O)C(=O)O)C(=O)C[C@@H](CCCCNC(=O)COCCOCCNC(=O)COCCOCCCC(=O)CC[C@H](NC(=O)CC[C@H](CC(=O)CCCCCCCCCCCCC(=O)O)C(=O)O)C(=O)O)C(=O)O. The fourth-order valence-electron chi connectivity index (χ4n) is 15.3. The van der Waals surface area contributed by atoms with Gasteiger partial charge in [-0.3, -0.25) is 86.3 Å². The first kappa shape index (κ1) is 134. The van der Waals surface area contributed by atoms with Gasteiger partial charge in [-0.15, -0.1) is 0 Å². The number of carbonyl (C=O) groups excluding carboxylic acids is 13. The summed E-state index contributed by atoms with van der Waals surface area (Å²) in [5, 5.41) is 84.9. The molecule has 0 saturated carbocycles. The first-order valence-corrected chi connectivity index (χ1v) is 51.9. The Morgan fingerprint density at radius 3 is 1.12 bits per heavy atom. The van der Waals surface area contributed by atoms with Gasteiger partial charge in [-0.25, -0.2) is 14.6 Å². The maximum Gasteiger partial charge on any atom is 0.326 e. The van der Waals surface area contributed by atoms with Crippen molar-refractivity contribution in [3.63, 3.8) is 0 Å². The number of nitrogens with one attached hydrogen (secondary N) is 8. The lowest BCUT2D eigenvalue weighted by atomic mass is 9.81. The first-order valence-electron chi connectivity index (χ1n) is 51.9. The second-order valence-electron chi connectivity index (χ2n) is 37.3. The molecule has 0 aliphatic heterocycles. The number of Topliss-reactive ketones (excluding diaryl/α,β-unsaturated/α-hetero) is 7. The summed E-state index contributed by atoms with van der Waals surface area (Å²) in [5.41, 5.74) is 5.63. The van der Waals surface area contributed by atoms with Gasteiger partial charge in [0, 0.05) is 153 Å². The van der Waals surface area contributed by atoms with Crippen LogP contribution in [0.3, 0.4) is 0 Å². The molecule has 0 aromatic carbocycles. The second-order valence-corrected chi connectivity index (χ2v) is 37.3. The Morgan fingerprint density at radius 2 is 0.685 bits per heavy atom. The van der Waals surface area contributed by atoms with Gasteiger partial charge in [0.1, 0.15) is 55.9 Å². The third-order valence-electron chi connectivity index (χ3n) is 24.0. The molecule has 0 spiro atoms. The summed E-state index contributed by atoms with van der Waals surface area (Å²) in [6.07, 6.45) is 21.7. The van der Waals surface area contributed by atoms with Gasteiger partial charge in [-0.05, 0) is 96.3 Å². The molecule has 6 amide bonds. The van der Waals surface area contributed by atoms with Crippen molar-refractivity contribution in [2.75, 3.05) is 138 Å². The van der Waals surface area contributed by atoms with Crippen LogP contribution < -0.4 is 43.0 Å². The maximum atomic E-state index is 14.0. The molecule has 1 aromatic rings. The lowest BCUT2D eigenvalue weighted by molar-refractivity contribution is -0.145. The highest BCUT2D eigenvalue weighted by Crippen LogP contribution is 2.26. The van der Waals surface area contributed by atoms with Crippen molar-refractivity contribution in [3.05, 3.63) is 18.2 Å². The van der Waals surface area contributed by atoms with Crippen LogP contribution in [-0.2, 0) is 140 Å². The molecule has 45 nitrogen and oxygen atoms in total. The van der Waals surface area contributed by atoms with Gasteiger partial charge in [0.15, 0.2) is 23.1 Å². The molecule has 0 radical (unpaired) electrons. The number of aromatic amines is 1. The Kier molecular flexibility index (Phi) is 79.2. The lowest BCUT2D eigenvalue weighted by Gasteiger charge is -2.26. The quantitative estimate of drug-likeness (QED) is 0.0287. The predicted octanol–water partition coefficient (Wildman–Crippen LogP) is 7.20. The van der Waals surface area contributed by atoms with Gasteiger partial charge in [0.05, 0.1) is 109 Å². The van der Waals surface area contributed by atoms with Crippen molar-refractivity contribution in [2.24, 2.45) is 28.9 Å². The maximum absolute atomic E-state index is 14.0. The Balaban J connectivity index is 2.36. The second kappa shape index (κ2) is 86.6. The average molecular weight is 2080 g/mol. The van der Waals surface area contributed by atoms with E-state index in [1.165, 1.54) is 12.5 Å². The molecule has 146 heavy (non-hydrogen) atoms. The van der Waals surface area contributed by atoms with Crippen molar-refractivity contribution in [1.82, 2.24) is 47.2 Å². The molecule has 45 heteroatoms. The molecule has 0 fully saturated rings. The van der Waals surface area contributed by atoms with Crippen molar-refractivity contribution in [3.8, 4) is 0 Å². The van der Waals surface area contributed by atoms with Crippen LogP contribution in [0.4, 0.5) is 0 Å². The molecule has 7 atom stereocenters. The Bertz CT molecular complexity index is 3960. The molecule has 17 N–H and O–H groups in total. The molecular formula is C101H168N10O35. The Labute approximate surface area is 856 Å². The van der Waals surface area contributed by atoms with Gasteiger partial charge >= 0.3 is 41.8 Å². The average Bonchev–Trinajstić information content (AvgIpc) is 0.974. The minimum Gasteiger partial charge on any atom is -0.481 e. The highest BCUT2D eigenvalue weighted by molar-refractivity contribution is 5.95. The normalized spacial score (nSPS) is 12.8. The number of ketones is 7. The van der Waals surface area contributed by atoms with Crippen molar-refractivity contribution in [2.45, 2.75) is 340 Å². The predicted molar refractivity (Wildman–Crippen MR) is 530 cm³/mol. The van der Waals surface area contributed by atoms with Crippen molar-refractivity contribution < 1.29 is 170 Å². The number of nitrogens with zero attached hydrogens (tertiary/aromatic N) is 1. The molecule has 0 aliphatic carbocycles. The third kappa shape index (κ3) is 77.1. The van der Waals surface area contributed by atoms with Crippen molar-refractivity contribution in [1.29, 1.82) is 0 Å². The molecule has 0 bridgehead atoms. The zero-order valence-electron chi connectivity index (χ0n) is 85.9. The highest BCUT2D eigenvalue weighted by Gasteiger charge is 2.35. The summed E-state index contributed by atoms with van der Waals surface area (Å²) in [6.45, 7) is 3.79. The minimum absolute atomic E-state index is 0.0515. The molecule has 0 unspecified atom stereocenters. The summed E-state index contributed by atoms with van der Waals surface area (Å²) >= 11 is 0. The van der Waals surface area contributed by atoms with E-state index in [9.17, 15) is 121 Å². The fourth-order valence-corrected chi connectivity index (χ4v) is 15.3. The van der Waals surface area contributed by atoms with Crippen LogP contribution in [0.5, 0.6) is 0 Å². The molecule has 1 aromatic heterocycles. The van der Waals surface area contributed by atoms with E-state index in [0.717, 1.165) is 103 Å². The van der Waals surface area contributed by atoms with E-state index in [-0.39, 0.29) is 296 Å². The zero-order valence-corrected chi connectivity index (χ0v) is 85.9. The first-order chi connectivity index (χ1) is 69.9. The van der Waals surface area contributed by atoms with Crippen LogP contribution in [0.1, 0.15) is 315 Å². The smallest absolute Gasteiger partial charge is 0.326 e. The monoisotopic (exact) mass is 2080 g/mol. The number of aliphatic carboxylic acids is 7. The van der Waals surface area contributed by atoms with E-state index in [2.05, 4.69) is 47.2 Å². The molecular weight excluding hydrogens is 1910 g/mol. The number of amides is 6. The van der Waals surface area contributed by atoms with E-state index in [1.807, 2.05) is 0 Å².